The van der Waals surface area contributed by atoms with Crippen LogP contribution >= 0.6 is 0 Å². The van der Waals surface area contributed by atoms with Gasteiger partial charge >= 0.3 is 12.0 Å². The van der Waals surface area contributed by atoms with Gasteiger partial charge in [0.05, 0.1) is 19.1 Å². The van der Waals surface area contributed by atoms with Gasteiger partial charge in [0.25, 0.3) is 0 Å². The molecule has 33 heavy (non-hydrogen) atoms. The fraction of sp³-hybridized carbons (Fsp3) is 0.154. The smallest absolute Gasteiger partial charge is 0.319 e. The Hall–Kier alpha value is -4.13. The standard InChI is InChI=1S/C26H24FN3O3/c1-2-33-25(31)16-24(17-6-4-3-5-7-17)30-26(32)28-21-11-8-18(9-12-21)23-15-19-14-20(27)10-13-22(19)29-23/h3-15,24,29H,2,16H2,1H3,(H2,28,30,32). The number of anilines is 1. The van der Waals surface area contributed by atoms with Crippen LogP contribution in [0.5, 0.6) is 0 Å². The number of carbonyl (C=O) groups is 2. The van der Waals surface area contributed by atoms with Crippen LogP contribution in [0.4, 0.5) is 14.9 Å². The Morgan fingerprint density at radius 1 is 1.00 bits per heavy atom. The molecule has 1 atom stereocenters. The Labute approximate surface area is 190 Å². The van der Waals surface area contributed by atoms with Crippen LogP contribution in [0, 0.1) is 5.82 Å². The number of hydrogen-bond donors (Lipinski definition) is 3. The minimum absolute atomic E-state index is 0.0329. The van der Waals surface area contributed by atoms with E-state index in [2.05, 4.69) is 15.6 Å². The normalized spacial score (nSPS) is 11.7. The monoisotopic (exact) mass is 445 g/mol. The highest BCUT2D eigenvalue weighted by atomic mass is 19.1. The molecule has 6 nitrogen and oxygen atoms in total. The van der Waals surface area contributed by atoms with Gasteiger partial charge in [-0.3, -0.25) is 4.79 Å². The lowest BCUT2D eigenvalue weighted by atomic mass is 10.0. The van der Waals surface area contributed by atoms with Gasteiger partial charge in [0.1, 0.15) is 5.82 Å². The topological polar surface area (TPSA) is 83.2 Å². The zero-order valence-corrected chi connectivity index (χ0v) is 18.1. The van der Waals surface area contributed by atoms with E-state index < -0.39 is 12.1 Å². The van der Waals surface area contributed by atoms with Gasteiger partial charge in [-0.2, -0.15) is 0 Å². The minimum Gasteiger partial charge on any atom is -0.466 e. The van der Waals surface area contributed by atoms with Crippen molar-refractivity contribution in [2.75, 3.05) is 11.9 Å². The van der Waals surface area contributed by atoms with E-state index in [0.29, 0.717) is 5.69 Å². The number of esters is 1. The van der Waals surface area contributed by atoms with Crippen LogP contribution in [-0.2, 0) is 9.53 Å². The molecule has 0 aliphatic carbocycles. The first-order chi connectivity index (χ1) is 16.0. The lowest BCUT2D eigenvalue weighted by Crippen LogP contribution is -2.34. The van der Waals surface area contributed by atoms with E-state index in [0.717, 1.165) is 27.7 Å². The van der Waals surface area contributed by atoms with Crippen LogP contribution in [0.15, 0.2) is 78.9 Å². The maximum absolute atomic E-state index is 13.4. The molecular formula is C26H24FN3O3. The fourth-order valence-corrected chi connectivity index (χ4v) is 3.64. The van der Waals surface area contributed by atoms with E-state index in [1.807, 2.05) is 48.5 Å². The molecule has 1 heterocycles. The van der Waals surface area contributed by atoms with Crippen molar-refractivity contribution in [3.63, 3.8) is 0 Å². The zero-order valence-electron chi connectivity index (χ0n) is 18.1. The Bertz CT molecular complexity index is 1250. The molecule has 1 aromatic heterocycles. The minimum atomic E-state index is -0.517. The van der Waals surface area contributed by atoms with Gasteiger partial charge in [0.2, 0.25) is 0 Å². The number of aromatic nitrogens is 1. The van der Waals surface area contributed by atoms with Gasteiger partial charge in [-0.1, -0.05) is 42.5 Å². The molecule has 0 bridgehead atoms. The van der Waals surface area contributed by atoms with Gasteiger partial charge in [-0.15, -0.1) is 0 Å². The second-order valence-corrected chi connectivity index (χ2v) is 7.56. The number of nitrogens with one attached hydrogen (secondary N) is 3. The Balaban J connectivity index is 1.43. The summed E-state index contributed by atoms with van der Waals surface area (Å²) in [6.45, 7) is 2.03. The van der Waals surface area contributed by atoms with Crippen LogP contribution in [0.25, 0.3) is 22.2 Å². The summed E-state index contributed by atoms with van der Waals surface area (Å²) in [5.74, 6) is -0.662. The molecule has 0 spiro atoms. The Morgan fingerprint density at radius 2 is 1.76 bits per heavy atom. The molecule has 0 saturated heterocycles. The molecule has 7 heteroatoms. The number of fused-ring (bicyclic) bond motifs is 1. The van der Waals surface area contributed by atoms with Crippen LogP contribution in [-0.4, -0.2) is 23.6 Å². The highest BCUT2D eigenvalue weighted by Crippen LogP contribution is 2.26. The van der Waals surface area contributed by atoms with Crippen molar-refractivity contribution in [3.8, 4) is 11.3 Å². The number of carbonyl (C=O) groups excluding carboxylic acids is 2. The Morgan fingerprint density at radius 3 is 2.48 bits per heavy atom. The summed E-state index contributed by atoms with van der Waals surface area (Å²) < 4.78 is 18.5. The predicted octanol–water partition coefficient (Wildman–Crippen LogP) is 5.79. The number of amides is 2. The van der Waals surface area contributed by atoms with E-state index in [9.17, 15) is 14.0 Å². The van der Waals surface area contributed by atoms with E-state index in [4.69, 9.17) is 4.74 Å². The molecule has 4 aromatic rings. The number of hydrogen-bond acceptors (Lipinski definition) is 3. The third-order valence-corrected chi connectivity index (χ3v) is 5.22. The van der Waals surface area contributed by atoms with E-state index in [1.54, 1.807) is 25.1 Å². The molecule has 4 rings (SSSR count). The molecule has 2 amide bonds. The van der Waals surface area contributed by atoms with Crippen molar-refractivity contribution >= 4 is 28.6 Å². The van der Waals surface area contributed by atoms with Gasteiger partial charge in [-0.05, 0) is 54.4 Å². The zero-order chi connectivity index (χ0) is 23.2. The molecule has 0 fully saturated rings. The first kappa shape index (κ1) is 22.1. The summed E-state index contributed by atoms with van der Waals surface area (Å²) >= 11 is 0. The quantitative estimate of drug-likeness (QED) is 0.315. The summed E-state index contributed by atoms with van der Waals surface area (Å²) in [5, 5.41) is 6.44. The molecule has 3 aromatic carbocycles. The molecule has 0 saturated carbocycles. The molecular weight excluding hydrogens is 421 g/mol. The first-order valence-corrected chi connectivity index (χ1v) is 10.7. The van der Waals surface area contributed by atoms with Crippen molar-refractivity contribution in [2.24, 2.45) is 0 Å². The van der Waals surface area contributed by atoms with Crippen LogP contribution < -0.4 is 10.6 Å². The summed E-state index contributed by atoms with van der Waals surface area (Å²) in [6, 6.07) is 22.1. The van der Waals surface area contributed by atoms with E-state index in [-0.39, 0.29) is 24.8 Å². The van der Waals surface area contributed by atoms with Gasteiger partial charge in [-0.25, -0.2) is 9.18 Å². The van der Waals surface area contributed by atoms with Gasteiger partial charge in [0.15, 0.2) is 0 Å². The average molecular weight is 445 g/mol. The molecule has 168 valence electrons. The molecule has 3 N–H and O–H groups in total. The summed E-state index contributed by atoms with van der Waals surface area (Å²) in [5.41, 5.74) is 4.02. The second-order valence-electron chi connectivity index (χ2n) is 7.56. The number of halogens is 1. The number of benzene rings is 3. The van der Waals surface area contributed by atoms with E-state index in [1.165, 1.54) is 12.1 Å². The molecule has 0 aliphatic rings. The fourth-order valence-electron chi connectivity index (χ4n) is 3.64. The lowest BCUT2D eigenvalue weighted by Gasteiger charge is -2.19. The number of aromatic amines is 1. The molecule has 0 radical (unpaired) electrons. The molecule has 0 aliphatic heterocycles. The van der Waals surface area contributed by atoms with Crippen LogP contribution in [0.3, 0.4) is 0 Å². The maximum Gasteiger partial charge on any atom is 0.319 e. The third-order valence-electron chi connectivity index (χ3n) is 5.22. The maximum atomic E-state index is 13.4. The summed E-state index contributed by atoms with van der Waals surface area (Å²) in [7, 11) is 0. The predicted molar refractivity (Wildman–Crippen MR) is 126 cm³/mol. The average Bonchev–Trinajstić information content (AvgIpc) is 3.23. The van der Waals surface area contributed by atoms with E-state index >= 15 is 0 Å². The van der Waals surface area contributed by atoms with Crippen molar-refractivity contribution in [1.82, 2.24) is 10.3 Å². The van der Waals surface area contributed by atoms with Crippen molar-refractivity contribution < 1.29 is 18.7 Å². The third kappa shape index (κ3) is 5.57. The second kappa shape index (κ2) is 9.99. The van der Waals surface area contributed by atoms with Crippen molar-refractivity contribution in [3.05, 3.63) is 90.2 Å². The molecule has 1 unspecified atom stereocenters. The number of ether oxygens (including phenoxy) is 1. The Kier molecular flexibility index (Phi) is 6.69. The van der Waals surface area contributed by atoms with Gasteiger partial charge < -0.3 is 20.4 Å². The first-order valence-electron chi connectivity index (χ1n) is 10.7. The van der Waals surface area contributed by atoms with Crippen LogP contribution in [0.2, 0.25) is 0 Å². The largest absolute Gasteiger partial charge is 0.466 e. The number of rotatable bonds is 7. The number of urea groups is 1. The van der Waals surface area contributed by atoms with Crippen LogP contribution in [0.1, 0.15) is 24.9 Å². The highest BCUT2D eigenvalue weighted by molar-refractivity contribution is 5.91. The highest BCUT2D eigenvalue weighted by Gasteiger charge is 2.19. The summed E-state index contributed by atoms with van der Waals surface area (Å²) in [6.07, 6.45) is 0.0329. The number of H-pyrrole nitrogens is 1. The van der Waals surface area contributed by atoms with Crippen molar-refractivity contribution in [2.45, 2.75) is 19.4 Å². The van der Waals surface area contributed by atoms with Gasteiger partial charge in [0, 0.05) is 22.3 Å². The lowest BCUT2D eigenvalue weighted by molar-refractivity contribution is -0.143. The van der Waals surface area contributed by atoms with Crippen molar-refractivity contribution in [1.29, 1.82) is 0 Å². The SMILES string of the molecule is CCOC(=O)CC(NC(=O)Nc1ccc(-c2cc3cc(F)ccc3[nH]2)cc1)c1ccccc1. The summed E-state index contributed by atoms with van der Waals surface area (Å²) in [4.78, 5) is 27.9.